The molecule has 0 atom stereocenters. The largest absolute Gasteiger partial charge is 0.355 e. The highest BCUT2D eigenvalue weighted by atomic mass is 32.1. The van der Waals surface area contributed by atoms with Gasteiger partial charge in [0, 0.05) is 30.0 Å². The summed E-state index contributed by atoms with van der Waals surface area (Å²) in [5.41, 5.74) is 0. The predicted molar refractivity (Wildman–Crippen MR) is 67.6 cm³/mol. The molecule has 3 nitrogen and oxygen atoms in total. The first-order chi connectivity index (χ1) is 7.67. The average molecular weight is 240 g/mol. The molecular formula is C12H20N2OS. The van der Waals surface area contributed by atoms with Crippen molar-refractivity contribution in [2.45, 2.75) is 40.0 Å². The number of hydrogen-bond acceptors (Lipinski definition) is 3. The van der Waals surface area contributed by atoms with Gasteiger partial charge < -0.3 is 5.32 Å². The van der Waals surface area contributed by atoms with Crippen molar-refractivity contribution < 1.29 is 4.79 Å². The Balaban J connectivity index is 2.27. The Morgan fingerprint density at radius 3 is 2.69 bits per heavy atom. The van der Waals surface area contributed by atoms with E-state index in [0.29, 0.717) is 6.54 Å². The minimum Gasteiger partial charge on any atom is -0.355 e. The highest BCUT2D eigenvalue weighted by Crippen LogP contribution is 2.11. The van der Waals surface area contributed by atoms with Gasteiger partial charge in [-0.2, -0.15) is 0 Å². The summed E-state index contributed by atoms with van der Waals surface area (Å²) in [6.45, 7) is 6.85. The molecule has 0 saturated heterocycles. The van der Waals surface area contributed by atoms with Crippen LogP contribution in [0, 0.1) is 12.8 Å². The summed E-state index contributed by atoms with van der Waals surface area (Å²) in [5, 5.41) is 4.07. The molecule has 1 aromatic rings. The molecule has 90 valence electrons. The van der Waals surface area contributed by atoms with E-state index in [1.807, 2.05) is 13.1 Å². The summed E-state index contributed by atoms with van der Waals surface area (Å²) < 4.78 is 0. The number of thiazole rings is 1. The molecule has 0 saturated carbocycles. The van der Waals surface area contributed by atoms with Gasteiger partial charge in [0.1, 0.15) is 0 Å². The van der Waals surface area contributed by atoms with Crippen LogP contribution in [0.1, 0.15) is 36.6 Å². The smallest absolute Gasteiger partial charge is 0.223 e. The Bertz CT molecular complexity index is 332. The Morgan fingerprint density at radius 2 is 2.19 bits per heavy atom. The average Bonchev–Trinajstić information content (AvgIpc) is 2.66. The highest BCUT2D eigenvalue weighted by Gasteiger charge is 2.13. The molecule has 0 aliphatic rings. The zero-order chi connectivity index (χ0) is 12.0. The van der Waals surface area contributed by atoms with Gasteiger partial charge in [-0.25, -0.2) is 4.98 Å². The fourth-order valence-corrected chi connectivity index (χ4v) is 2.40. The zero-order valence-corrected chi connectivity index (χ0v) is 11.1. The molecule has 0 bridgehead atoms. The number of hydrogen-bond donors (Lipinski definition) is 1. The second kappa shape index (κ2) is 6.63. The molecule has 0 fully saturated rings. The lowest BCUT2D eigenvalue weighted by atomic mass is 10.0. The molecule has 1 heterocycles. The van der Waals surface area contributed by atoms with E-state index in [2.05, 4.69) is 24.1 Å². The molecule has 0 unspecified atom stereocenters. The van der Waals surface area contributed by atoms with Crippen LogP contribution in [0.3, 0.4) is 0 Å². The van der Waals surface area contributed by atoms with Crippen LogP contribution in [0.2, 0.25) is 0 Å². The van der Waals surface area contributed by atoms with Crippen molar-refractivity contribution in [2.24, 2.45) is 5.92 Å². The summed E-state index contributed by atoms with van der Waals surface area (Å²) in [6.07, 6.45) is 4.55. The van der Waals surface area contributed by atoms with Gasteiger partial charge in [-0.15, -0.1) is 11.3 Å². The van der Waals surface area contributed by atoms with Crippen LogP contribution >= 0.6 is 11.3 Å². The van der Waals surface area contributed by atoms with Gasteiger partial charge in [0.15, 0.2) is 0 Å². The molecule has 0 radical (unpaired) electrons. The molecule has 16 heavy (non-hydrogen) atoms. The summed E-state index contributed by atoms with van der Waals surface area (Å²) >= 11 is 1.70. The molecule has 1 amide bonds. The first kappa shape index (κ1) is 13.2. The Kier molecular flexibility index (Phi) is 5.46. The second-order valence-corrected chi connectivity index (χ2v) is 5.24. The van der Waals surface area contributed by atoms with E-state index in [0.717, 1.165) is 24.3 Å². The lowest BCUT2D eigenvalue weighted by Gasteiger charge is -2.11. The van der Waals surface area contributed by atoms with Crippen molar-refractivity contribution >= 4 is 17.2 Å². The fourth-order valence-electron chi connectivity index (χ4n) is 1.61. The van der Waals surface area contributed by atoms with Gasteiger partial charge >= 0.3 is 0 Å². The van der Waals surface area contributed by atoms with Crippen molar-refractivity contribution in [2.75, 3.05) is 6.54 Å². The Morgan fingerprint density at radius 1 is 1.50 bits per heavy atom. The van der Waals surface area contributed by atoms with Crippen molar-refractivity contribution in [3.05, 3.63) is 16.1 Å². The molecule has 1 N–H and O–H groups in total. The van der Waals surface area contributed by atoms with E-state index < -0.39 is 0 Å². The van der Waals surface area contributed by atoms with Crippen LogP contribution in [0.5, 0.6) is 0 Å². The number of nitrogens with one attached hydrogen (secondary N) is 1. The van der Waals surface area contributed by atoms with E-state index in [1.54, 1.807) is 11.3 Å². The van der Waals surface area contributed by atoms with E-state index in [-0.39, 0.29) is 11.8 Å². The zero-order valence-electron chi connectivity index (χ0n) is 10.2. The molecule has 0 aliphatic carbocycles. The molecule has 1 rings (SSSR count). The normalized spacial score (nSPS) is 10.8. The van der Waals surface area contributed by atoms with E-state index in [9.17, 15) is 4.79 Å². The van der Waals surface area contributed by atoms with Gasteiger partial charge in [0.2, 0.25) is 5.91 Å². The van der Waals surface area contributed by atoms with Crippen LogP contribution in [0.15, 0.2) is 6.20 Å². The van der Waals surface area contributed by atoms with Crippen molar-refractivity contribution in [1.82, 2.24) is 10.3 Å². The number of carbonyl (C=O) groups excluding carboxylic acids is 1. The van der Waals surface area contributed by atoms with Crippen molar-refractivity contribution in [1.29, 1.82) is 0 Å². The fraction of sp³-hybridized carbons (Fsp3) is 0.667. The van der Waals surface area contributed by atoms with Gasteiger partial charge in [-0.3, -0.25) is 4.79 Å². The second-order valence-electron chi connectivity index (χ2n) is 3.92. The lowest BCUT2D eigenvalue weighted by molar-refractivity contribution is -0.125. The molecular weight excluding hydrogens is 220 g/mol. The van der Waals surface area contributed by atoms with Crippen LogP contribution in [0.25, 0.3) is 0 Å². The quantitative estimate of drug-likeness (QED) is 0.830. The van der Waals surface area contributed by atoms with Crippen LogP contribution < -0.4 is 5.32 Å². The molecule has 1 aromatic heterocycles. The topological polar surface area (TPSA) is 42.0 Å². The Hall–Kier alpha value is -0.900. The Labute approximate surface area is 101 Å². The third-order valence-corrected chi connectivity index (χ3v) is 3.64. The van der Waals surface area contributed by atoms with E-state index >= 15 is 0 Å². The van der Waals surface area contributed by atoms with Crippen LogP contribution in [0.4, 0.5) is 0 Å². The first-order valence-corrected chi connectivity index (χ1v) is 6.68. The SMILES string of the molecule is CCC(CC)C(=O)NCCc1ncc(C)s1. The van der Waals surface area contributed by atoms with Gasteiger partial charge in [-0.05, 0) is 19.8 Å². The monoisotopic (exact) mass is 240 g/mol. The molecule has 0 aliphatic heterocycles. The maximum Gasteiger partial charge on any atom is 0.223 e. The van der Waals surface area contributed by atoms with Crippen molar-refractivity contribution in [3.63, 3.8) is 0 Å². The third-order valence-electron chi connectivity index (χ3n) is 2.66. The van der Waals surface area contributed by atoms with Gasteiger partial charge in [0.25, 0.3) is 0 Å². The standard InChI is InChI=1S/C12H20N2OS/c1-4-10(5-2)12(15)13-7-6-11-14-8-9(3)16-11/h8,10H,4-7H2,1-3H3,(H,13,15). The van der Waals surface area contributed by atoms with E-state index in [4.69, 9.17) is 0 Å². The number of nitrogens with zero attached hydrogens (tertiary/aromatic N) is 1. The summed E-state index contributed by atoms with van der Waals surface area (Å²) in [7, 11) is 0. The molecule has 4 heteroatoms. The third kappa shape index (κ3) is 3.93. The number of rotatable bonds is 6. The van der Waals surface area contributed by atoms with Crippen LogP contribution in [-0.4, -0.2) is 17.4 Å². The molecule has 0 spiro atoms. The van der Waals surface area contributed by atoms with Crippen molar-refractivity contribution in [3.8, 4) is 0 Å². The summed E-state index contributed by atoms with van der Waals surface area (Å²) in [6, 6.07) is 0. The highest BCUT2D eigenvalue weighted by molar-refractivity contribution is 7.11. The summed E-state index contributed by atoms with van der Waals surface area (Å²) in [4.78, 5) is 17.2. The lowest BCUT2D eigenvalue weighted by Crippen LogP contribution is -2.31. The van der Waals surface area contributed by atoms with Gasteiger partial charge in [-0.1, -0.05) is 13.8 Å². The number of aromatic nitrogens is 1. The first-order valence-electron chi connectivity index (χ1n) is 5.86. The predicted octanol–water partition coefficient (Wildman–Crippen LogP) is 2.55. The minimum atomic E-state index is 0.165. The number of aryl methyl sites for hydroxylation is 1. The number of carbonyl (C=O) groups is 1. The number of amides is 1. The maximum absolute atomic E-state index is 11.7. The maximum atomic E-state index is 11.7. The van der Waals surface area contributed by atoms with Crippen LogP contribution in [-0.2, 0) is 11.2 Å². The molecule has 0 aromatic carbocycles. The summed E-state index contributed by atoms with van der Waals surface area (Å²) in [5.74, 6) is 0.344. The minimum absolute atomic E-state index is 0.165. The van der Waals surface area contributed by atoms with Gasteiger partial charge in [0.05, 0.1) is 5.01 Å². The van der Waals surface area contributed by atoms with E-state index in [1.165, 1.54) is 4.88 Å².